The standard InChI is InChI=1S/C13H16N2O3S2/c1-18-8-10-4-2-3-5-13(10)15-20(16,17)12-6-11(7-14)19-9-12/h2-6,9,15H,7-8,14H2,1H3. The number of nitrogens with two attached hydrogens (primary N) is 1. The van der Waals surface area contributed by atoms with Gasteiger partial charge in [-0.25, -0.2) is 8.42 Å². The molecule has 5 nitrogen and oxygen atoms in total. The van der Waals surface area contributed by atoms with Crippen molar-refractivity contribution in [2.75, 3.05) is 11.8 Å². The maximum Gasteiger partial charge on any atom is 0.262 e. The summed E-state index contributed by atoms with van der Waals surface area (Å²) in [5, 5.41) is 1.59. The molecule has 0 aliphatic heterocycles. The van der Waals surface area contributed by atoms with Gasteiger partial charge < -0.3 is 10.5 Å². The lowest BCUT2D eigenvalue weighted by atomic mass is 10.2. The minimum Gasteiger partial charge on any atom is -0.380 e. The van der Waals surface area contributed by atoms with Gasteiger partial charge in [-0.2, -0.15) is 0 Å². The predicted octanol–water partition coefficient (Wildman–Crippen LogP) is 2.15. The summed E-state index contributed by atoms with van der Waals surface area (Å²) in [6.07, 6.45) is 0. The van der Waals surface area contributed by atoms with Gasteiger partial charge in [0.15, 0.2) is 0 Å². The molecule has 0 unspecified atom stereocenters. The Morgan fingerprint density at radius 2 is 2.10 bits per heavy atom. The van der Waals surface area contributed by atoms with Gasteiger partial charge in [-0.3, -0.25) is 4.72 Å². The summed E-state index contributed by atoms with van der Waals surface area (Å²) >= 11 is 1.33. The first-order chi connectivity index (χ1) is 9.56. The van der Waals surface area contributed by atoms with Crippen LogP contribution in [0.15, 0.2) is 40.6 Å². The van der Waals surface area contributed by atoms with Gasteiger partial charge in [-0.05, 0) is 12.1 Å². The topological polar surface area (TPSA) is 81.4 Å². The molecule has 3 N–H and O–H groups in total. The molecule has 0 radical (unpaired) electrons. The largest absolute Gasteiger partial charge is 0.380 e. The van der Waals surface area contributed by atoms with Crippen LogP contribution in [-0.4, -0.2) is 15.5 Å². The van der Waals surface area contributed by atoms with E-state index in [-0.39, 0.29) is 4.90 Å². The quantitative estimate of drug-likeness (QED) is 0.856. The molecule has 0 amide bonds. The molecule has 108 valence electrons. The lowest BCUT2D eigenvalue weighted by molar-refractivity contribution is 0.185. The van der Waals surface area contributed by atoms with E-state index in [1.54, 1.807) is 30.7 Å². The van der Waals surface area contributed by atoms with E-state index in [1.165, 1.54) is 11.3 Å². The number of para-hydroxylation sites is 1. The molecule has 0 aliphatic rings. The second kappa shape index (κ2) is 6.36. The molecule has 1 heterocycles. The molecule has 0 atom stereocenters. The van der Waals surface area contributed by atoms with Crippen molar-refractivity contribution < 1.29 is 13.2 Å². The first kappa shape index (κ1) is 15.0. The Kier molecular flexibility index (Phi) is 4.77. The van der Waals surface area contributed by atoms with Crippen LogP contribution in [0.4, 0.5) is 5.69 Å². The average Bonchev–Trinajstić information content (AvgIpc) is 2.91. The molecular formula is C13H16N2O3S2. The van der Waals surface area contributed by atoms with Crippen molar-refractivity contribution in [3.05, 3.63) is 46.2 Å². The minimum atomic E-state index is -3.59. The minimum absolute atomic E-state index is 0.232. The summed E-state index contributed by atoms with van der Waals surface area (Å²) in [7, 11) is -2.03. The Labute approximate surface area is 122 Å². The molecule has 0 aliphatic carbocycles. The lowest BCUT2D eigenvalue weighted by Gasteiger charge is -2.11. The van der Waals surface area contributed by atoms with Crippen LogP contribution in [-0.2, 0) is 27.9 Å². The summed E-state index contributed by atoms with van der Waals surface area (Å²) in [6, 6.07) is 8.73. The summed E-state index contributed by atoms with van der Waals surface area (Å²) < 4.78 is 32.2. The van der Waals surface area contributed by atoms with Crippen molar-refractivity contribution >= 4 is 27.0 Å². The number of anilines is 1. The zero-order valence-electron chi connectivity index (χ0n) is 11.0. The first-order valence-electron chi connectivity index (χ1n) is 5.94. The smallest absolute Gasteiger partial charge is 0.262 e. The van der Waals surface area contributed by atoms with Gasteiger partial charge in [0.25, 0.3) is 10.0 Å². The van der Waals surface area contributed by atoms with Crippen LogP contribution in [0.3, 0.4) is 0 Å². The average molecular weight is 312 g/mol. The van der Waals surface area contributed by atoms with E-state index in [1.807, 2.05) is 12.1 Å². The Hall–Kier alpha value is -1.41. The number of sulfonamides is 1. The van der Waals surface area contributed by atoms with Crippen molar-refractivity contribution in [1.82, 2.24) is 0 Å². The van der Waals surface area contributed by atoms with Crippen molar-refractivity contribution in [1.29, 1.82) is 0 Å². The molecular weight excluding hydrogens is 296 g/mol. The maximum absolute atomic E-state index is 12.3. The van der Waals surface area contributed by atoms with E-state index < -0.39 is 10.0 Å². The predicted molar refractivity (Wildman–Crippen MR) is 80.2 cm³/mol. The van der Waals surface area contributed by atoms with Crippen molar-refractivity contribution in [3.63, 3.8) is 0 Å². The van der Waals surface area contributed by atoms with Crippen LogP contribution in [0.1, 0.15) is 10.4 Å². The number of ether oxygens (including phenoxy) is 1. The zero-order chi connectivity index (χ0) is 14.6. The monoisotopic (exact) mass is 312 g/mol. The Bertz CT molecular complexity index is 680. The highest BCUT2D eigenvalue weighted by molar-refractivity contribution is 7.92. The number of hydrogen-bond donors (Lipinski definition) is 2. The Morgan fingerprint density at radius 3 is 2.75 bits per heavy atom. The van der Waals surface area contributed by atoms with Gasteiger partial charge in [0.2, 0.25) is 0 Å². The molecule has 0 spiro atoms. The number of methoxy groups -OCH3 is 1. The van der Waals surface area contributed by atoms with Gasteiger partial charge in [-0.15, -0.1) is 11.3 Å². The molecule has 2 rings (SSSR count). The van der Waals surface area contributed by atoms with Crippen LogP contribution >= 0.6 is 11.3 Å². The van der Waals surface area contributed by atoms with E-state index >= 15 is 0 Å². The fourth-order valence-electron chi connectivity index (χ4n) is 1.71. The zero-order valence-corrected chi connectivity index (χ0v) is 12.6. The maximum atomic E-state index is 12.3. The molecule has 7 heteroatoms. The molecule has 0 saturated carbocycles. The van der Waals surface area contributed by atoms with Crippen LogP contribution in [0.5, 0.6) is 0 Å². The molecule has 1 aromatic carbocycles. The van der Waals surface area contributed by atoms with E-state index in [4.69, 9.17) is 10.5 Å². The van der Waals surface area contributed by atoms with Gasteiger partial charge in [0.1, 0.15) is 0 Å². The number of nitrogens with one attached hydrogen (secondary N) is 1. The molecule has 0 fully saturated rings. The van der Waals surface area contributed by atoms with E-state index in [0.29, 0.717) is 18.8 Å². The molecule has 20 heavy (non-hydrogen) atoms. The van der Waals surface area contributed by atoms with Crippen LogP contribution in [0.25, 0.3) is 0 Å². The van der Waals surface area contributed by atoms with E-state index in [2.05, 4.69) is 4.72 Å². The third-order valence-corrected chi connectivity index (χ3v) is 5.16. The first-order valence-corrected chi connectivity index (χ1v) is 8.30. The summed E-state index contributed by atoms with van der Waals surface area (Å²) in [5.41, 5.74) is 6.81. The summed E-state index contributed by atoms with van der Waals surface area (Å²) in [5.74, 6) is 0. The second-order valence-corrected chi connectivity index (χ2v) is 6.83. The van der Waals surface area contributed by atoms with Crippen molar-refractivity contribution in [3.8, 4) is 0 Å². The van der Waals surface area contributed by atoms with Crippen molar-refractivity contribution in [2.24, 2.45) is 5.73 Å². The van der Waals surface area contributed by atoms with Gasteiger partial charge in [0.05, 0.1) is 17.2 Å². The third-order valence-electron chi connectivity index (χ3n) is 2.70. The summed E-state index contributed by atoms with van der Waals surface area (Å²) in [6.45, 7) is 0.677. The fourth-order valence-corrected chi connectivity index (χ4v) is 3.97. The SMILES string of the molecule is COCc1ccccc1NS(=O)(=O)c1csc(CN)c1. The van der Waals surface area contributed by atoms with Crippen LogP contribution in [0.2, 0.25) is 0 Å². The molecule has 0 saturated heterocycles. The second-order valence-electron chi connectivity index (χ2n) is 4.15. The van der Waals surface area contributed by atoms with E-state index in [0.717, 1.165) is 10.4 Å². The van der Waals surface area contributed by atoms with Gasteiger partial charge in [0, 0.05) is 29.5 Å². The van der Waals surface area contributed by atoms with Gasteiger partial charge >= 0.3 is 0 Å². The van der Waals surface area contributed by atoms with Crippen LogP contribution in [0, 0.1) is 0 Å². The number of thiophene rings is 1. The van der Waals surface area contributed by atoms with Gasteiger partial charge in [-0.1, -0.05) is 18.2 Å². The highest BCUT2D eigenvalue weighted by atomic mass is 32.2. The number of benzene rings is 1. The number of rotatable bonds is 6. The van der Waals surface area contributed by atoms with Crippen LogP contribution < -0.4 is 10.5 Å². The Morgan fingerprint density at radius 1 is 1.35 bits per heavy atom. The molecule has 2 aromatic rings. The third kappa shape index (κ3) is 3.37. The molecule has 1 aromatic heterocycles. The molecule has 0 bridgehead atoms. The lowest BCUT2D eigenvalue weighted by Crippen LogP contribution is -2.13. The van der Waals surface area contributed by atoms with Crippen molar-refractivity contribution in [2.45, 2.75) is 18.0 Å². The highest BCUT2D eigenvalue weighted by Gasteiger charge is 2.17. The normalized spacial score (nSPS) is 11.5. The fraction of sp³-hybridized carbons (Fsp3) is 0.231. The van der Waals surface area contributed by atoms with E-state index in [9.17, 15) is 8.42 Å². The number of hydrogen-bond acceptors (Lipinski definition) is 5. The highest BCUT2D eigenvalue weighted by Crippen LogP contribution is 2.24. The Balaban J connectivity index is 2.28. The summed E-state index contributed by atoms with van der Waals surface area (Å²) in [4.78, 5) is 1.06.